The lowest BCUT2D eigenvalue weighted by molar-refractivity contribution is 0.0925. The van der Waals surface area contributed by atoms with Crippen LogP contribution in [0.2, 0.25) is 0 Å². The highest BCUT2D eigenvalue weighted by Crippen LogP contribution is 1.87. The summed E-state index contributed by atoms with van der Waals surface area (Å²) in [5, 5.41) is 28.5. The van der Waals surface area contributed by atoms with Crippen LogP contribution in [0.25, 0.3) is 0 Å². The van der Waals surface area contributed by atoms with Gasteiger partial charge in [-0.3, -0.25) is 0 Å². The molecule has 0 aromatic heterocycles. The van der Waals surface area contributed by atoms with Crippen LogP contribution < -0.4 is 5.32 Å². The highest BCUT2D eigenvalue weighted by atomic mass is 16.3. The molecule has 0 aromatic carbocycles. The summed E-state index contributed by atoms with van der Waals surface area (Å²) in [6.07, 6.45) is -0.311. The maximum absolute atomic E-state index is 8.88. The molecule has 64 valence electrons. The third kappa shape index (κ3) is 5.80. The predicted molar refractivity (Wildman–Crippen MR) is 40.8 cm³/mol. The number of hydrogen-bond donors (Lipinski definition) is 3. The second-order valence-electron chi connectivity index (χ2n) is 2.51. The third-order valence-corrected chi connectivity index (χ3v) is 1.31. The minimum atomic E-state index is -0.726. The quantitative estimate of drug-likeness (QED) is 0.491. The Kier molecular flexibility index (Phi) is 5.75. The first-order valence-corrected chi connectivity index (χ1v) is 3.60. The van der Waals surface area contributed by atoms with Crippen LogP contribution in [-0.4, -0.2) is 35.5 Å². The summed E-state index contributed by atoms with van der Waals surface area (Å²) in [5.74, 6) is 0. The molecule has 0 rings (SSSR count). The van der Waals surface area contributed by atoms with Crippen LogP contribution in [0.4, 0.5) is 0 Å². The lowest BCUT2D eigenvalue weighted by Crippen LogP contribution is -2.35. The predicted octanol–water partition coefficient (Wildman–Crippen LogP) is -0.769. The molecule has 0 aliphatic carbocycles. The summed E-state index contributed by atoms with van der Waals surface area (Å²) in [4.78, 5) is 0. The van der Waals surface area contributed by atoms with Crippen molar-refractivity contribution in [2.24, 2.45) is 0 Å². The standard InChI is InChI=1S/C7H14N2O2/c1-6(2-3-8)9-4-7(11)5-10/h6-7,9-11H,2,4-5H2,1H3. The van der Waals surface area contributed by atoms with Crippen molar-refractivity contribution in [3.8, 4) is 6.07 Å². The molecular weight excluding hydrogens is 144 g/mol. The van der Waals surface area contributed by atoms with Crippen LogP contribution >= 0.6 is 0 Å². The second kappa shape index (κ2) is 6.10. The molecule has 11 heavy (non-hydrogen) atoms. The smallest absolute Gasteiger partial charge is 0.0895 e. The highest BCUT2D eigenvalue weighted by Gasteiger charge is 2.04. The van der Waals surface area contributed by atoms with Gasteiger partial charge < -0.3 is 15.5 Å². The van der Waals surface area contributed by atoms with Crippen molar-refractivity contribution >= 4 is 0 Å². The summed E-state index contributed by atoms with van der Waals surface area (Å²) in [7, 11) is 0. The van der Waals surface area contributed by atoms with Crippen molar-refractivity contribution in [3.05, 3.63) is 0 Å². The fourth-order valence-corrected chi connectivity index (χ4v) is 0.611. The number of nitrogens with one attached hydrogen (secondary N) is 1. The molecule has 0 aliphatic heterocycles. The van der Waals surface area contributed by atoms with E-state index in [1.54, 1.807) is 0 Å². The minimum absolute atomic E-state index is 0.0706. The molecule has 0 aromatic rings. The monoisotopic (exact) mass is 158 g/mol. The van der Waals surface area contributed by atoms with Gasteiger partial charge in [0.05, 0.1) is 25.2 Å². The van der Waals surface area contributed by atoms with Crippen molar-refractivity contribution in [3.63, 3.8) is 0 Å². The summed E-state index contributed by atoms with van der Waals surface area (Å²) in [6, 6.07) is 2.07. The van der Waals surface area contributed by atoms with Crippen LogP contribution in [0.5, 0.6) is 0 Å². The Labute approximate surface area is 66.5 Å². The molecule has 2 atom stereocenters. The zero-order valence-electron chi connectivity index (χ0n) is 6.62. The Balaban J connectivity index is 3.31. The number of rotatable bonds is 5. The number of hydrogen-bond acceptors (Lipinski definition) is 4. The Bertz CT molecular complexity index is 133. The fourth-order valence-electron chi connectivity index (χ4n) is 0.611. The van der Waals surface area contributed by atoms with Gasteiger partial charge in [0.2, 0.25) is 0 Å². The Morgan fingerprint density at radius 3 is 2.73 bits per heavy atom. The molecule has 0 radical (unpaired) electrons. The van der Waals surface area contributed by atoms with E-state index < -0.39 is 6.10 Å². The zero-order valence-corrected chi connectivity index (χ0v) is 6.62. The van der Waals surface area contributed by atoms with E-state index in [1.165, 1.54) is 0 Å². The van der Waals surface area contributed by atoms with Gasteiger partial charge in [-0.2, -0.15) is 5.26 Å². The van der Waals surface area contributed by atoms with E-state index in [9.17, 15) is 0 Å². The van der Waals surface area contributed by atoms with E-state index in [2.05, 4.69) is 5.32 Å². The molecule has 0 fully saturated rings. The molecule has 4 nitrogen and oxygen atoms in total. The molecular formula is C7H14N2O2. The van der Waals surface area contributed by atoms with E-state index in [4.69, 9.17) is 15.5 Å². The summed E-state index contributed by atoms with van der Waals surface area (Å²) < 4.78 is 0. The second-order valence-corrected chi connectivity index (χ2v) is 2.51. The van der Waals surface area contributed by atoms with E-state index in [0.717, 1.165) is 0 Å². The lowest BCUT2D eigenvalue weighted by Gasteiger charge is -2.12. The van der Waals surface area contributed by atoms with E-state index >= 15 is 0 Å². The van der Waals surface area contributed by atoms with Crippen LogP contribution in [0, 0.1) is 11.3 Å². The SMILES string of the molecule is CC(CC#N)NCC(O)CO. The summed E-state index contributed by atoms with van der Waals surface area (Å²) in [5.41, 5.74) is 0. The molecule has 2 unspecified atom stereocenters. The van der Waals surface area contributed by atoms with Crippen LogP contribution in [0.1, 0.15) is 13.3 Å². The van der Waals surface area contributed by atoms with Gasteiger partial charge in [-0.05, 0) is 6.92 Å². The van der Waals surface area contributed by atoms with E-state index in [-0.39, 0.29) is 12.6 Å². The van der Waals surface area contributed by atoms with E-state index in [0.29, 0.717) is 13.0 Å². The van der Waals surface area contributed by atoms with Crippen LogP contribution in [0.3, 0.4) is 0 Å². The van der Waals surface area contributed by atoms with Crippen molar-refractivity contribution < 1.29 is 10.2 Å². The average molecular weight is 158 g/mol. The van der Waals surface area contributed by atoms with Gasteiger partial charge >= 0.3 is 0 Å². The molecule has 0 amide bonds. The van der Waals surface area contributed by atoms with Crippen molar-refractivity contribution in [1.82, 2.24) is 5.32 Å². The molecule has 3 N–H and O–H groups in total. The number of nitrogens with zero attached hydrogens (tertiary/aromatic N) is 1. The van der Waals surface area contributed by atoms with Gasteiger partial charge in [-0.1, -0.05) is 0 Å². The molecule has 0 saturated heterocycles. The molecule has 4 heteroatoms. The Morgan fingerprint density at radius 2 is 2.27 bits per heavy atom. The third-order valence-electron chi connectivity index (χ3n) is 1.31. The fraction of sp³-hybridized carbons (Fsp3) is 0.857. The van der Waals surface area contributed by atoms with Crippen molar-refractivity contribution in [1.29, 1.82) is 5.26 Å². The minimum Gasteiger partial charge on any atom is -0.394 e. The maximum atomic E-state index is 8.88. The van der Waals surface area contributed by atoms with Gasteiger partial charge in [0.15, 0.2) is 0 Å². The molecule has 0 spiro atoms. The number of nitriles is 1. The van der Waals surface area contributed by atoms with Gasteiger partial charge in [0.25, 0.3) is 0 Å². The van der Waals surface area contributed by atoms with E-state index in [1.807, 2.05) is 13.0 Å². The van der Waals surface area contributed by atoms with Gasteiger partial charge in [-0.25, -0.2) is 0 Å². The van der Waals surface area contributed by atoms with Crippen LogP contribution in [-0.2, 0) is 0 Å². The maximum Gasteiger partial charge on any atom is 0.0895 e. The van der Waals surface area contributed by atoms with Crippen LogP contribution in [0.15, 0.2) is 0 Å². The van der Waals surface area contributed by atoms with Crippen molar-refractivity contribution in [2.45, 2.75) is 25.5 Å². The Hall–Kier alpha value is -0.630. The highest BCUT2D eigenvalue weighted by molar-refractivity contribution is 4.77. The first kappa shape index (κ1) is 10.4. The van der Waals surface area contributed by atoms with Crippen molar-refractivity contribution in [2.75, 3.05) is 13.2 Å². The normalized spacial score (nSPS) is 15.5. The topological polar surface area (TPSA) is 76.3 Å². The number of aliphatic hydroxyl groups is 2. The average Bonchev–Trinajstić information content (AvgIpc) is 2.01. The Morgan fingerprint density at radius 1 is 1.64 bits per heavy atom. The molecule has 0 bridgehead atoms. The van der Waals surface area contributed by atoms with Gasteiger partial charge in [0, 0.05) is 12.6 Å². The molecule has 0 heterocycles. The number of aliphatic hydroxyl groups excluding tert-OH is 2. The molecule has 0 saturated carbocycles. The zero-order chi connectivity index (χ0) is 8.69. The molecule has 0 aliphatic rings. The summed E-state index contributed by atoms with van der Waals surface area (Å²) in [6.45, 7) is 1.94. The first-order valence-electron chi connectivity index (χ1n) is 3.60. The largest absolute Gasteiger partial charge is 0.394 e. The van der Waals surface area contributed by atoms with Gasteiger partial charge in [0.1, 0.15) is 0 Å². The first-order chi connectivity index (χ1) is 5.20. The lowest BCUT2D eigenvalue weighted by atomic mass is 10.2. The summed E-state index contributed by atoms with van der Waals surface area (Å²) >= 11 is 0. The van der Waals surface area contributed by atoms with Gasteiger partial charge in [-0.15, -0.1) is 0 Å².